The van der Waals surface area contributed by atoms with Crippen molar-refractivity contribution in [3.8, 4) is 11.5 Å². The molecule has 1 atom stereocenters. The summed E-state index contributed by atoms with van der Waals surface area (Å²) in [5, 5.41) is 2.03. The van der Waals surface area contributed by atoms with Crippen LogP contribution in [-0.2, 0) is 6.42 Å². The number of ether oxygens (including phenoxy) is 2. The van der Waals surface area contributed by atoms with Gasteiger partial charge in [0.2, 0.25) is 0 Å². The Bertz CT molecular complexity index is 961. The number of rotatable bonds is 4. The van der Waals surface area contributed by atoms with E-state index in [1.807, 2.05) is 41.5 Å². The topological polar surface area (TPSA) is 51.9 Å². The number of amides is 1. The van der Waals surface area contributed by atoms with Crippen molar-refractivity contribution in [3.05, 3.63) is 69.3 Å². The number of fused-ring (bicyclic) bond motifs is 1. The largest absolute Gasteiger partial charge is 0.493 e. The maximum absolute atomic E-state index is 13.3. The summed E-state index contributed by atoms with van der Waals surface area (Å²) in [6.45, 7) is 2.51. The van der Waals surface area contributed by atoms with Gasteiger partial charge < -0.3 is 18.8 Å². The molecule has 1 aliphatic rings. The molecule has 1 aliphatic heterocycles. The number of nitrogens with zero attached hydrogens (tertiary/aromatic N) is 1. The number of carbonyl (C=O) groups excluding carboxylic acids is 1. The first-order chi connectivity index (χ1) is 13.1. The zero-order valence-corrected chi connectivity index (χ0v) is 16.3. The van der Waals surface area contributed by atoms with Crippen LogP contribution in [0.1, 0.15) is 38.2 Å². The number of hydrogen-bond donors (Lipinski definition) is 0. The van der Waals surface area contributed by atoms with Gasteiger partial charge in [0.05, 0.1) is 26.5 Å². The summed E-state index contributed by atoms with van der Waals surface area (Å²) in [6.07, 6.45) is 2.32. The SMILES string of the molecule is COc1cc2c(cc1OC)C(c1cccs1)N(C(=O)c1occc1C)CC2. The van der Waals surface area contributed by atoms with Crippen LogP contribution in [0.4, 0.5) is 0 Å². The van der Waals surface area contributed by atoms with Crippen LogP contribution in [0.2, 0.25) is 0 Å². The van der Waals surface area contributed by atoms with Crippen LogP contribution in [-0.4, -0.2) is 31.6 Å². The molecule has 1 aromatic carbocycles. The quantitative estimate of drug-likeness (QED) is 0.668. The summed E-state index contributed by atoms with van der Waals surface area (Å²) in [7, 11) is 3.27. The fourth-order valence-electron chi connectivity index (χ4n) is 3.64. The summed E-state index contributed by atoms with van der Waals surface area (Å²) in [4.78, 5) is 16.3. The van der Waals surface area contributed by atoms with Crippen LogP contribution in [0.25, 0.3) is 0 Å². The lowest BCUT2D eigenvalue weighted by molar-refractivity contribution is 0.0663. The summed E-state index contributed by atoms with van der Waals surface area (Å²) < 4.78 is 16.5. The highest BCUT2D eigenvalue weighted by molar-refractivity contribution is 7.10. The molecular formula is C21H21NO4S. The Labute approximate surface area is 162 Å². The molecule has 3 aromatic rings. The fourth-order valence-corrected chi connectivity index (χ4v) is 4.50. The summed E-state index contributed by atoms with van der Waals surface area (Å²) >= 11 is 1.64. The minimum atomic E-state index is -0.175. The van der Waals surface area contributed by atoms with Gasteiger partial charge in [-0.15, -0.1) is 11.3 Å². The minimum absolute atomic E-state index is 0.0867. The Morgan fingerprint density at radius 3 is 2.63 bits per heavy atom. The van der Waals surface area contributed by atoms with E-state index in [-0.39, 0.29) is 11.9 Å². The molecule has 0 fully saturated rings. The van der Waals surface area contributed by atoms with Crippen molar-refractivity contribution in [2.75, 3.05) is 20.8 Å². The van der Waals surface area contributed by atoms with E-state index in [1.165, 1.54) is 5.56 Å². The Balaban J connectivity index is 1.84. The molecule has 0 radical (unpaired) electrons. The number of aryl methyl sites for hydroxylation is 1. The van der Waals surface area contributed by atoms with Gasteiger partial charge in [-0.2, -0.15) is 0 Å². The van der Waals surface area contributed by atoms with E-state index in [9.17, 15) is 4.79 Å². The third-order valence-electron chi connectivity index (χ3n) is 5.00. The third-order valence-corrected chi connectivity index (χ3v) is 5.93. The molecular weight excluding hydrogens is 362 g/mol. The minimum Gasteiger partial charge on any atom is -0.493 e. The highest BCUT2D eigenvalue weighted by Gasteiger charge is 2.35. The average Bonchev–Trinajstić information content (AvgIpc) is 3.37. The van der Waals surface area contributed by atoms with Crippen LogP contribution in [0.5, 0.6) is 11.5 Å². The molecule has 0 bridgehead atoms. The predicted molar refractivity (Wildman–Crippen MR) is 104 cm³/mol. The third kappa shape index (κ3) is 3.00. The van der Waals surface area contributed by atoms with Crippen molar-refractivity contribution in [2.45, 2.75) is 19.4 Å². The van der Waals surface area contributed by atoms with Crippen molar-refractivity contribution < 1.29 is 18.7 Å². The number of methoxy groups -OCH3 is 2. The van der Waals surface area contributed by atoms with Crippen molar-refractivity contribution >= 4 is 17.2 Å². The van der Waals surface area contributed by atoms with Gasteiger partial charge in [-0.25, -0.2) is 0 Å². The van der Waals surface area contributed by atoms with Crippen LogP contribution < -0.4 is 9.47 Å². The van der Waals surface area contributed by atoms with E-state index in [4.69, 9.17) is 13.9 Å². The number of carbonyl (C=O) groups is 1. The molecule has 1 amide bonds. The van der Waals surface area contributed by atoms with Crippen LogP contribution in [0, 0.1) is 6.92 Å². The van der Waals surface area contributed by atoms with Crippen molar-refractivity contribution in [2.24, 2.45) is 0 Å². The highest BCUT2D eigenvalue weighted by atomic mass is 32.1. The Morgan fingerprint density at radius 1 is 1.22 bits per heavy atom. The lowest BCUT2D eigenvalue weighted by Crippen LogP contribution is -2.40. The normalized spacial score (nSPS) is 16.1. The van der Waals surface area contributed by atoms with Gasteiger partial charge in [0.1, 0.15) is 0 Å². The fraction of sp³-hybridized carbons (Fsp3) is 0.286. The van der Waals surface area contributed by atoms with Gasteiger partial charge in [-0.3, -0.25) is 4.79 Å². The van der Waals surface area contributed by atoms with E-state index in [0.717, 1.165) is 22.4 Å². The first kappa shape index (κ1) is 17.7. The second-order valence-corrected chi connectivity index (χ2v) is 7.48. The predicted octanol–water partition coefficient (Wildman–Crippen LogP) is 4.45. The van der Waals surface area contributed by atoms with Crippen molar-refractivity contribution in [3.63, 3.8) is 0 Å². The standard InChI is InChI=1S/C21H21NO4S/c1-13-7-9-26-20(13)21(23)22-8-6-14-11-16(24-2)17(25-3)12-15(14)19(22)18-5-4-10-27-18/h4-5,7,9-12,19H,6,8H2,1-3H3. The van der Waals surface area contributed by atoms with Crippen molar-refractivity contribution in [1.29, 1.82) is 0 Å². The molecule has 0 spiro atoms. The van der Waals surface area contributed by atoms with Gasteiger partial charge in [-0.05, 0) is 54.1 Å². The van der Waals surface area contributed by atoms with E-state index < -0.39 is 0 Å². The lowest BCUT2D eigenvalue weighted by Gasteiger charge is -2.37. The van der Waals surface area contributed by atoms with Gasteiger partial charge in [0, 0.05) is 17.0 Å². The molecule has 140 valence electrons. The molecule has 4 rings (SSSR count). The van der Waals surface area contributed by atoms with E-state index in [2.05, 4.69) is 6.07 Å². The summed E-state index contributed by atoms with van der Waals surface area (Å²) in [6, 6.07) is 9.73. The number of benzene rings is 1. The number of hydrogen-bond acceptors (Lipinski definition) is 5. The van der Waals surface area contributed by atoms with Crippen molar-refractivity contribution in [1.82, 2.24) is 4.90 Å². The molecule has 5 nitrogen and oxygen atoms in total. The zero-order valence-electron chi connectivity index (χ0n) is 15.5. The smallest absolute Gasteiger partial charge is 0.290 e. The average molecular weight is 383 g/mol. The first-order valence-electron chi connectivity index (χ1n) is 8.77. The Kier molecular flexibility index (Phi) is 4.66. The Hall–Kier alpha value is -2.73. The van der Waals surface area contributed by atoms with E-state index >= 15 is 0 Å². The van der Waals surface area contributed by atoms with Gasteiger partial charge >= 0.3 is 0 Å². The van der Waals surface area contributed by atoms with E-state index in [1.54, 1.807) is 31.8 Å². The zero-order chi connectivity index (χ0) is 19.0. The molecule has 6 heteroatoms. The molecule has 3 heterocycles. The molecule has 0 aliphatic carbocycles. The van der Waals surface area contributed by atoms with Gasteiger partial charge in [0.15, 0.2) is 17.3 Å². The second-order valence-electron chi connectivity index (χ2n) is 6.51. The molecule has 1 unspecified atom stereocenters. The monoisotopic (exact) mass is 383 g/mol. The maximum Gasteiger partial charge on any atom is 0.290 e. The second kappa shape index (κ2) is 7.12. The molecule has 2 aromatic heterocycles. The van der Waals surface area contributed by atoms with E-state index in [0.29, 0.717) is 23.8 Å². The summed E-state index contributed by atoms with van der Waals surface area (Å²) in [5.41, 5.74) is 3.09. The maximum atomic E-state index is 13.3. The van der Waals surface area contributed by atoms with Gasteiger partial charge in [0.25, 0.3) is 5.91 Å². The Morgan fingerprint density at radius 2 is 2.00 bits per heavy atom. The molecule has 0 N–H and O–H groups in total. The van der Waals surface area contributed by atoms with Crippen LogP contribution in [0.15, 0.2) is 46.4 Å². The summed E-state index contributed by atoms with van der Waals surface area (Å²) in [5.74, 6) is 1.70. The lowest BCUT2D eigenvalue weighted by atomic mass is 9.90. The molecule has 0 saturated carbocycles. The number of thiophene rings is 1. The van der Waals surface area contributed by atoms with Crippen LogP contribution in [0.3, 0.4) is 0 Å². The highest BCUT2D eigenvalue weighted by Crippen LogP contribution is 2.42. The first-order valence-corrected chi connectivity index (χ1v) is 9.65. The number of furan rings is 1. The van der Waals surface area contributed by atoms with Crippen LogP contribution >= 0.6 is 11.3 Å². The van der Waals surface area contributed by atoms with Gasteiger partial charge in [-0.1, -0.05) is 6.07 Å². The molecule has 0 saturated heterocycles. The molecule has 27 heavy (non-hydrogen) atoms.